The van der Waals surface area contributed by atoms with Crippen LogP contribution in [-0.4, -0.2) is 74.7 Å². The molecule has 0 radical (unpaired) electrons. The Kier molecular flexibility index (Phi) is 6.63. The van der Waals surface area contributed by atoms with E-state index in [0.717, 1.165) is 54.9 Å². The van der Waals surface area contributed by atoms with Crippen molar-refractivity contribution in [3.05, 3.63) is 71.2 Å². The molecule has 0 unspecified atom stereocenters. The molecule has 0 atom stereocenters. The van der Waals surface area contributed by atoms with Gasteiger partial charge in [-0.15, -0.1) is 0 Å². The number of halogens is 1. The van der Waals surface area contributed by atoms with Crippen molar-refractivity contribution in [3.63, 3.8) is 0 Å². The lowest BCUT2D eigenvalue weighted by Gasteiger charge is -2.37. The highest BCUT2D eigenvalue weighted by molar-refractivity contribution is 5.97. The molecule has 2 aliphatic rings. The lowest BCUT2D eigenvalue weighted by atomic mass is 10.0. The van der Waals surface area contributed by atoms with Gasteiger partial charge >= 0.3 is 0 Å². The highest BCUT2D eigenvalue weighted by atomic mass is 19.1. The molecule has 2 aliphatic heterocycles. The van der Waals surface area contributed by atoms with Crippen LogP contribution in [0.25, 0.3) is 0 Å². The molecule has 5 rings (SSSR count). The molecule has 1 amide bonds. The average Bonchev–Trinajstić information content (AvgIpc) is 2.92. The first-order chi connectivity index (χ1) is 17.4. The predicted octanol–water partition coefficient (Wildman–Crippen LogP) is 3.22. The molecule has 3 heterocycles. The summed E-state index contributed by atoms with van der Waals surface area (Å²) in [5, 5.41) is 0. The highest BCUT2D eigenvalue weighted by Crippen LogP contribution is 2.30. The molecular formula is C27H31FN6O2. The zero-order chi connectivity index (χ0) is 25.2. The van der Waals surface area contributed by atoms with Crippen LogP contribution in [0.5, 0.6) is 5.75 Å². The monoisotopic (exact) mass is 490 g/mol. The number of benzene rings is 2. The van der Waals surface area contributed by atoms with Gasteiger partial charge in [0.05, 0.1) is 24.9 Å². The van der Waals surface area contributed by atoms with Gasteiger partial charge in [-0.2, -0.15) is 4.98 Å². The molecule has 9 heteroatoms. The van der Waals surface area contributed by atoms with E-state index in [-0.39, 0.29) is 11.7 Å². The Morgan fingerprint density at radius 1 is 0.944 bits per heavy atom. The molecule has 1 saturated heterocycles. The standard InChI is InChI=1S/C27H31FN6O2/c1-31(2)25-22-18-34(26(35)21-6-4-5-7-24(21)36-3)13-12-23(22)29-27(30-25)33-16-14-32(15-17-33)20-10-8-19(28)9-11-20/h4-11H,12-18H2,1-3H3. The van der Waals surface area contributed by atoms with Gasteiger partial charge < -0.3 is 24.3 Å². The van der Waals surface area contributed by atoms with E-state index >= 15 is 0 Å². The summed E-state index contributed by atoms with van der Waals surface area (Å²) in [6.07, 6.45) is 0.669. The van der Waals surface area contributed by atoms with Gasteiger partial charge in [0.15, 0.2) is 0 Å². The van der Waals surface area contributed by atoms with E-state index in [0.29, 0.717) is 30.8 Å². The van der Waals surface area contributed by atoms with E-state index in [1.165, 1.54) is 12.1 Å². The molecule has 188 valence electrons. The number of fused-ring (bicyclic) bond motifs is 1. The highest BCUT2D eigenvalue weighted by Gasteiger charge is 2.29. The van der Waals surface area contributed by atoms with Crippen molar-refractivity contribution in [1.82, 2.24) is 14.9 Å². The first-order valence-corrected chi connectivity index (χ1v) is 12.2. The van der Waals surface area contributed by atoms with E-state index in [1.807, 2.05) is 54.2 Å². The summed E-state index contributed by atoms with van der Waals surface area (Å²) >= 11 is 0. The van der Waals surface area contributed by atoms with Gasteiger partial charge in [0, 0.05) is 64.5 Å². The molecule has 36 heavy (non-hydrogen) atoms. The Morgan fingerprint density at radius 3 is 2.33 bits per heavy atom. The van der Waals surface area contributed by atoms with E-state index in [9.17, 15) is 9.18 Å². The van der Waals surface area contributed by atoms with Gasteiger partial charge in [0.25, 0.3) is 5.91 Å². The minimum absolute atomic E-state index is 0.0520. The first-order valence-electron chi connectivity index (χ1n) is 12.2. The smallest absolute Gasteiger partial charge is 0.257 e. The number of ether oxygens (including phenoxy) is 1. The molecule has 0 bridgehead atoms. The quantitative estimate of drug-likeness (QED) is 0.544. The van der Waals surface area contributed by atoms with Crippen LogP contribution in [0, 0.1) is 5.82 Å². The molecule has 3 aromatic rings. The summed E-state index contributed by atoms with van der Waals surface area (Å²) < 4.78 is 18.7. The number of methoxy groups -OCH3 is 1. The van der Waals surface area contributed by atoms with Gasteiger partial charge in [0.2, 0.25) is 5.95 Å². The summed E-state index contributed by atoms with van der Waals surface area (Å²) in [7, 11) is 5.52. The molecule has 0 spiro atoms. The number of aromatic nitrogens is 2. The Hall–Kier alpha value is -3.88. The Bertz CT molecular complexity index is 1240. The topological polar surface area (TPSA) is 65.0 Å². The normalized spacial score (nSPS) is 15.5. The summed E-state index contributed by atoms with van der Waals surface area (Å²) in [6.45, 7) is 4.22. The third-order valence-electron chi connectivity index (χ3n) is 6.83. The van der Waals surface area contributed by atoms with Crippen LogP contribution < -0.4 is 19.4 Å². The predicted molar refractivity (Wildman–Crippen MR) is 139 cm³/mol. The van der Waals surface area contributed by atoms with Gasteiger partial charge in [-0.05, 0) is 36.4 Å². The van der Waals surface area contributed by atoms with Crippen LogP contribution in [0.1, 0.15) is 21.6 Å². The van der Waals surface area contributed by atoms with Crippen molar-refractivity contribution in [2.24, 2.45) is 0 Å². The summed E-state index contributed by atoms with van der Waals surface area (Å²) in [4.78, 5) is 31.5. The van der Waals surface area contributed by atoms with Crippen molar-refractivity contribution in [2.75, 3.05) is 68.6 Å². The minimum Gasteiger partial charge on any atom is -0.496 e. The number of hydrogen-bond acceptors (Lipinski definition) is 7. The van der Waals surface area contributed by atoms with E-state index in [4.69, 9.17) is 14.7 Å². The van der Waals surface area contributed by atoms with Crippen molar-refractivity contribution < 1.29 is 13.9 Å². The van der Waals surface area contributed by atoms with Crippen LogP contribution >= 0.6 is 0 Å². The Morgan fingerprint density at radius 2 is 1.64 bits per heavy atom. The van der Waals surface area contributed by atoms with Gasteiger partial charge in [-0.1, -0.05) is 12.1 Å². The lowest BCUT2D eigenvalue weighted by molar-refractivity contribution is 0.0730. The fourth-order valence-corrected chi connectivity index (χ4v) is 4.88. The second-order valence-corrected chi connectivity index (χ2v) is 9.29. The molecule has 0 aliphatic carbocycles. The molecule has 0 N–H and O–H groups in total. The number of anilines is 3. The van der Waals surface area contributed by atoms with Crippen LogP contribution in [0.15, 0.2) is 48.5 Å². The number of nitrogens with zero attached hydrogens (tertiary/aromatic N) is 6. The molecule has 0 saturated carbocycles. The Balaban J connectivity index is 1.34. The summed E-state index contributed by atoms with van der Waals surface area (Å²) in [5.41, 5.74) is 3.57. The summed E-state index contributed by atoms with van der Waals surface area (Å²) in [6, 6.07) is 14.0. The lowest BCUT2D eigenvalue weighted by Crippen LogP contribution is -2.47. The number of carbonyl (C=O) groups is 1. The fourth-order valence-electron chi connectivity index (χ4n) is 4.88. The maximum atomic E-state index is 13.3. The zero-order valence-electron chi connectivity index (χ0n) is 20.9. The van der Waals surface area contributed by atoms with Crippen molar-refractivity contribution in [3.8, 4) is 5.75 Å². The number of rotatable bonds is 5. The first kappa shape index (κ1) is 23.8. The van der Waals surface area contributed by atoms with Crippen molar-refractivity contribution in [1.29, 1.82) is 0 Å². The second kappa shape index (κ2) is 10.0. The number of para-hydroxylation sites is 1. The van der Waals surface area contributed by atoms with Crippen LogP contribution in [0.4, 0.5) is 21.8 Å². The summed E-state index contributed by atoms with van der Waals surface area (Å²) in [5.74, 6) is 1.87. The van der Waals surface area contributed by atoms with Crippen molar-refractivity contribution >= 4 is 23.4 Å². The number of carbonyl (C=O) groups excluding carboxylic acids is 1. The van der Waals surface area contributed by atoms with Crippen molar-refractivity contribution in [2.45, 2.75) is 13.0 Å². The SMILES string of the molecule is COc1ccccc1C(=O)N1CCc2nc(N3CCN(c4ccc(F)cc4)CC3)nc(N(C)C)c2C1. The molecule has 1 aromatic heterocycles. The van der Waals surface area contributed by atoms with E-state index in [1.54, 1.807) is 13.2 Å². The van der Waals surface area contributed by atoms with Crippen LogP contribution in [0.2, 0.25) is 0 Å². The van der Waals surface area contributed by atoms with E-state index in [2.05, 4.69) is 9.80 Å². The molecule has 2 aromatic carbocycles. The molecular weight excluding hydrogens is 459 g/mol. The average molecular weight is 491 g/mol. The van der Waals surface area contributed by atoms with Gasteiger partial charge in [-0.3, -0.25) is 4.79 Å². The second-order valence-electron chi connectivity index (χ2n) is 9.29. The molecule has 1 fully saturated rings. The zero-order valence-corrected chi connectivity index (χ0v) is 20.9. The number of amides is 1. The third-order valence-corrected chi connectivity index (χ3v) is 6.83. The maximum Gasteiger partial charge on any atom is 0.257 e. The maximum absolute atomic E-state index is 13.3. The third kappa shape index (κ3) is 4.65. The molecule has 8 nitrogen and oxygen atoms in total. The van der Waals surface area contributed by atoms with E-state index < -0.39 is 0 Å². The largest absolute Gasteiger partial charge is 0.496 e. The van der Waals surface area contributed by atoms with Crippen LogP contribution in [0.3, 0.4) is 0 Å². The van der Waals surface area contributed by atoms with Gasteiger partial charge in [0.1, 0.15) is 17.4 Å². The van der Waals surface area contributed by atoms with Crippen LogP contribution in [-0.2, 0) is 13.0 Å². The Labute approximate surface area is 210 Å². The van der Waals surface area contributed by atoms with Gasteiger partial charge in [-0.25, -0.2) is 9.37 Å². The fraction of sp³-hybridized carbons (Fsp3) is 0.370. The number of piperazine rings is 1. The number of hydrogen-bond donors (Lipinski definition) is 0. The minimum atomic E-state index is -0.223.